The Labute approximate surface area is 93.6 Å². The molecule has 0 N–H and O–H groups in total. The molecule has 0 saturated carbocycles. The van der Waals surface area contributed by atoms with Crippen molar-refractivity contribution in [3.05, 3.63) is 36.9 Å². The molecular formula is C9H6INO3. The van der Waals surface area contributed by atoms with Crippen LogP contribution in [-0.2, 0) is 6.42 Å². The molecule has 0 spiro atoms. The maximum absolute atomic E-state index is 11.4. The minimum Gasteiger partial charge on any atom is -0.294 e. The standard InChI is InChI=1S/C9H6INO3/c10-7-4-6(11(13)14)3-5-1-2-8(12)9(5)7/h3-4H,1-2H2. The van der Waals surface area contributed by atoms with Gasteiger partial charge in [0.15, 0.2) is 5.78 Å². The second kappa shape index (κ2) is 3.30. The zero-order chi connectivity index (χ0) is 10.3. The van der Waals surface area contributed by atoms with Gasteiger partial charge < -0.3 is 0 Å². The summed E-state index contributed by atoms with van der Waals surface area (Å²) in [5.74, 6) is 0.0966. The molecule has 0 unspecified atom stereocenters. The third-order valence-corrected chi connectivity index (χ3v) is 3.12. The first-order valence-electron chi connectivity index (χ1n) is 4.09. The van der Waals surface area contributed by atoms with Gasteiger partial charge in [-0.1, -0.05) is 0 Å². The molecule has 0 bridgehead atoms. The molecule has 0 radical (unpaired) electrons. The van der Waals surface area contributed by atoms with Crippen molar-refractivity contribution in [1.29, 1.82) is 0 Å². The van der Waals surface area contributed by atoms with E-state index < -0.39 is 4.92 Å². The van der Waals surface area contributed by atoms with E-state index >= 15 is 0 Å². The van der Waals surface area contributed by atoms with E-state index in [0.717, 1.165) is 5.56 Å². The van der Waals surface area contributed by atoms with Crippen molar-refractivity contribution in [2.45, 2.75) is 12.8 Å². The van der Waals surface area contributed by atoms with Gasteiger partial charge in [-0.15, -0.1) is 0 Å². The Kier molecular flexibility index (Phi) is 2.26. The van der Waals surface area contributed by atoms with Crippen LogP contribution in [0.15, 0.2) is 12.1 Å². The van der Waals surface area contributed by atoms with Crippen LogP contribution in [0, 0.1) is 13.7 Å². The van der Waals surface area contributed by atoms with Crippen LogP contribution in [0.5, 0.6) is 0 Å². The van der Waals surface area contributed by atoms with Gasteiger partial charge in [0.1, 0.15) is 0 Å². The Bertz CT molecular complexity index is 442. The second-order valence-electron chi connectivity index (χ2n) is 3.14. The number of hydrogen-bond acceptors (Lipinski definition) is 3. The molecule has 1 aliphatic rings. The molecule has 0 heterocycles. The van der Waals surface area contributed by atoms with E-state index in [-0.39, 0.29) is 11.5 Å². The molecule has 1 aromatic rings. The van der Waals surface area contributed by atoms with Crippen molar-refractivity contribution >= 4 is 34.1 Å². The van der Waals surface area contributed by atoms with E-state index in [9.17, 15) is 14.9 Å². The highest BCUT2D eigenvalue weighted by atomic mass is 127. The summed E-state index contributed by atoms with van der Waals surface area (Å²) in [4.78, 5) is 21.5. The minimum absolute atomic E-state index is 0.0721. The number of carbonyl (C=O) groups is 1. The minimum atomic E-state index is -0.425. The van der Waals surface area contributed by atoms with E-state index in [4.69, 9.17) is 0 Å². The van der Waals surface area contributed by atoms with Gasteiger partial charge in [0.05, 0.1) is 4.92 Å². The summed E-state index contributed by atoms with van der Waals surface area (Å²) in [5, 5.41) is 10.6. The van der Waals surface area contributed by atoms with Gasteiger partial charge in [0.25, 0.3) is 5.69 Å². The number of halogens is 1. The number of Topliss-reactive ketones (excluding diaryl/α,β-unsaturated/α-hetero) is 1. The lowest BCUT2D eigenvalue weighted by Gasteiger charge is -2.00. The van der Waals surface area contributed by atoms with Gasteiger partial charge in [-0.05, 0) is 34.6 Å². The fourth-order valence-corrected chi connectivity index (χ4v) is 2.60. The summed E-state index contributed by atoms with van der Waals surface area (Å²) in [6, 6.07) is 2.95. The third-order valence-electron chi connectivity index (χ3n) is 2.27. The summed E-state index contributed by atoms with van der Waals surface area (Å²) in [7, 11) is 0. The lowest BCUT2D eigenvalue weighted by atomic mass is 10.1. The maximum atomic E-state index is 11.4. The zero-order valence-corrected chi connectivity index (χ0v) is 9.28. The first kappa shape index (κ1) is 9.57. The summed E-state index contributed by atoms with van der Waals surface area (Å²) in [6.45, 7) is 0. The molecule has 0 fully saturated rings. The van der Waals surface area contributed by atoms with Crippen molar-refractivity contribution < 1.29 is 9.72 Å². The lowest BCUT2D eigenvalue weighted by Crippen LogP contribution is -1.97. The molecule has 0 amide bonds. The normalized spacial score (nSPS) is 14.2. The van der Waals surface area contributed by atoms with Crippen LogP contribution in [0.1, 0.15) is 22.3 Å². The van der Waals surface area contributed by atoms with Gasteiger partial charge in [0.2, 0.25) is 0 Å². The number of hydrogen-bond donors (Lipinski definition) is 0. The van der Waals surface area contributed by atoms with Crippen LogP contribution in [0.3, 0.4) is 0 Å². The van der Waals surface area contributed by atoms with Crippen LogP contribution in [0.25, 0.3) is 0 Å². The molecule has 0 atom stereocenters. The lowest BCUT2D eigenvalue weighted by molar-refractivity contribution is -0.385. The van der Waals surface area contributed by atoms with Crippen LogP contribution < -0.4 is 0 Å². The highest BCUT2D eigenvalue weighted by molar-refractivity contribution is 14.1. The van der Waals surface area contributed by atoms with Gasteiger partial charge in [-0.2, -0.15) is 0 Å². The molecule has 0 aliphatic heterocycles. The number of ketones is 1. The highest BCUT2D eigenvalue weighted by Gasteiger charge is 2.25. The van der Waals surface area contributed by atoms with Gasteiger partial charge >= 0.3 is 0 Å². The van der Waals surface area contributed by atoms with E-state index in [0.29, 0.717) is 22.0 Å². The van der Waals surface area contributed by atoms with E-state index in [1.54, 1.807) is 0 Å². The third kappa shape index (κ3) is 1.41. The molecule has 4 nitrogen and oxygen atoms in total. The van der Waals surface area contributed by atoms with Crippen molar-refractivity contribution in [3.63, 3.8) is 0 Å². The molecule has 72 valence electrons. The van der Waals surface area contributed by atoms with Crippen LogP contribution >= 0.6 is 22.6 Å². The SMILES string of the molecule is O=C1CCc2cc([N+](=O)[O-])cc(I)c21. The molecule has 2 rings (SSSR count). The number of non-ortho nitro benzene ring substituents is 1. The summed E-state index contributed by atoms with van der Waals surface area (Å²) in [5.41, 5.74) is 1.56. The number of nitro benzene ring substituents is 1. The Morgan fingerprint density at radius 2 is 2.07 bits per heavy atom. The molecule has 1 aliphatic carbocycles. The summed E-state index contributed by atoms with van der Waals surface area (Å²) >= 11 is 1.97. The number of nitrogens with zero attached hydrogens (tertiary/aromatic N) is 1. The molecule has 5 heteroatoms. The first-order chi connectivity index (χ1) is 6.59. The number of rotatable bonds is 1. The zero-order valence-electron chi connectivity index (χ0n) is 7.12. The van der Waals surface area contributed by atoms with Crippen molar-refractivity contribution in [3.8, 4) is 0 Å². The Balaban J connectivity index is 2.62. The van der Waals surface area contributed by atoms with Gasteiger partial charge in [-0.25, -0.2) is 0 Å². The van der Waals surface area contributed by atoms with Crippen LogP contribution in [0.4, 0.5) is 5.69 Å². The Morgan fingerprint density at radius 3 is 2.71 bits per heavy atom. The highest BCUT2D eigenvalue weighted by Crippen LogP contribution is 2.30. The number of fused-ring (bicyclic) bond motifs is 1. The number of nitro groups is 1. The van der Waals surface area contributed by atoms with E-state index in [2.05, 4.69) is 0 Å². The van der Waals surface area contributed by atoms with Crippen molar-refractivity contribution in [2.75, 3.05) is 0 Å². The van der Waals surface area contributed by atoms with Crippen molar-refractivity contribution in [2.24, 2.45) is 0 Å². The molecule has 0 saturated heterocycles. The first-order valence-corrected chi connectivity index (χ1v) is 5.17. The van der Waals surface area contributed by atoms with Gasteiger partial charge in [-0.3, -0.25) is 14.9 Å². The number of carbonyl (C=O) groups excluding carboxylic acids is 1. The number of benzene rings is 1. The smallest absolute Gasteiger partial charge is 0.270 e. The quantitative estimate of drug-likeness (QED) is 0.454. The second-order valence-corrected chi connectivity index (χ2v) is 4.30. The topological polar surface area (TPSA) is 60.2 Å². The van der Waals surface area contributed by atoms with Crippen LogP contribution in [0.2, 0.25) is 0 Å². The average Bonchev–Trinajstić information content (AvgIpc) is 2.48. The van der Waals surface area contributed by atoms with Crippen LogP contribution in [-0.4, -0.2) is 10.7 Å². The fraction of sp³-hybridized carbons (Fsp3) is 0.222. The molecular weight excluding hydrogens is 297 g/mol. The summed E-state index contributed by atoms with van der Waals surface area (Å²) < 4.78 is 0.689. The largest absolute Gasteiger partial charge is 0.294 e. The molecule has 1 aromatic carbocycles. The molecule has 0 aromatic heterocycles. The molecule has 14 heavy (non-hydrogen) atoms. The Hall–Kier alpha value is -0.980. The van der Waals surface area contributed by atoms with E-state index in [1.165, 1.54) is 12.1 Å². The maximum Gasteiger partial charge on any atom is 0.270 e. The predicted octanol–water partition coefficient (Wildman–Crippen LogP) is 2.33. The summed E-state index contributed by atoms with van der Waals surface area (Å²) in [6.07, 6.45) is 1.11. The predicted molar refractivity (Wildman–Crippen MR) is 58.5 cm³/mol. The monoisotopic (exact) mass is 303 g/mol. The van der Waals surface area contributed by atoms with Crippen molar-refractivity contribution in [1.82, 2.24) is 0 Å². The van der Waals surface area contributed by atoms with E-state index in [1.807, 2.05) is 22.6 Å². The fourth-order valence-electron chi connectivity index (χ4n) is 1.64. The Morgan fingerprint density at radius 1 is 1.36 bits per heavy atom. The number of aryl methyl sites for hydroxylation is 1. The van der Waals surface area contributed by atoms with Gasteiger partial charge in [0, 0.05) is 27.7 Å². The average molecular weight is 303 g/mol.